The van der Waals surface area contributed by atoms with Crippen LogP contribution in [0.3, 0.4) is 0 Å². The van der Waals surface area contributed by atoms with Crippen LogP contribution in [-0.4, -0.2) is 34.5 Å². The quantitative estimate of drug-likeness (QED) is 0.267. The number of halogens is 1. The summed E-state index contributed by atoms with van der Waals surface area (Å²) < 4.78 is 0. The third-order valence-corrected chi connectivity index (χ3v) is 7.74. The molecule has 0 spiro atoms. The molecule has 0 aliphatic heterocycles. The minimum absolute atomic E-state index is 0.397. The predicted molar refractivity (Wildman–Crippen MR) is 153 cm³/mol. The Bertz CT molecular complexity index is 1220. The average molecular weight is 503 g/mol. The average Bonchev–Trinajstić information content (AvgIpc) is 2.89. The largest absolute Gasteiger partial charge is 0.390 e. The molecular weight excluding hydrogens is 464 g/mol. The maximum atomic E-state index is 6.93. The molecule has 1 atom stereocenters. The summed E-state index contributed by atoms with van der Waals surface area (Å²) in [5.41, 5.74) is 8.27. The van der Waals surface area contributed by atoms with Crippen molar-refractivity contribution >= 4 is 22.5 Å². The lowest BCUT2D eigenvalue weighted by atomic mass is 9.83. The fourth-order valence-corrected chi connectivity index (χ4v) is 5.52. The van der Waals surface area contributed by atoms with Crippen molar-refractivity contribution in [2.45, 2.75) is 64.7 Å². The number of rotatable bonds is 12. The van der Waals surface area contributed by atoms with Gasteiger partial charge in [-0.2, -0.15) is 0 Å². The number of nitrogens with zero attached hydrogens (tertiary/aromatic N) is 3. The molecule has 190 valence electrons. The molecule has 4 rings (SSSR count). The molecule has 0 saturated carbocycles. The minimum Gasteiger partial charge on any atom is -0.390 e. The van der Waals surface area contributed by atoms with Gasteiger partial charge in [-0.1, -0.05) is 50.2 Å². The summed E-state index contributed by atoms with van der Waals surface area (Å²) in [5, 5.41) is 5.16. The molecule has 4 nitrogen and oxygen atoms in total. The van der Waals surface area contributed by atoms with Crippen molar-refractivity contribution in [3.63, 3.8) is 0 Å². The van der Waals surface area contributed by atoms with Crippen molar-refractivity contribution in [3.8, 4) is 0 Å². The fraction of sp³-hybridized carbons (Fsp3) is 0.419. The summed E-state index contributed by atoms with van der Waals surface area (Å²) >= 11 is 6.93. The van der Waals surface area contributed by atoms with E-state index in [1.165, 1.54) is 40.9 Å². The highest BCUT2D eigenvalue weighted by Crippen LogP contribution is 2.38. The SMILES string of the molecule is C=CNCCN(CCc1ccc2c(Cl)c3c(nc2c1)CC(c1cc(C)ccn1)CC3)C(=C)CCCC. The maximum Gasteiger partial charge on any atom is 0.0723 e. The predicted octanol–water partition coefficient (Wildman–Crippen LogP) is 7.15. The van der Waals surface area contributed by atoms with E-state index in [4.69, 9.17) is 16.6 Å². The van der Waals surface area contributed by atoms with Crippen LogP contribution >= 0.6 is 11.6 Å². The molecule has 0 bridgehead atoms. The highest BCUT2D eigenvalue weighted by molar-refractivity contribution is 6.36. The van der Waals surface area contributed by atoms with Gasteiger partial charge in [0, 0.05) is 54.2 Å². The van der Waals surface area contributed by atoms with Gasteiger partial charge < -0.3 is 10.2 Å². The lowest BCUT2D eigenvalue weighted by Crippen LogP contribution is -2.31. The smallest absolute Gasteiger partial charge is 0.0723 e. The van der Waals surface area contributed by atoms with Crippen molar-refractivity contribution < 1.29 is 0 Å². The molecule has 3 aromatic rings. The number of nitrogens with one attached hydrogen (secondary N) is 1. The molecule has 0 fully saturated rings. The second kappa shape index (κ2) is 12.4. The highest BCUT2D eigenvalue weighted by atomic mass is 35.5. The van der Waals surface area contributed by atoms with Crippen LogP contribution in [0.4, 0.5) is 0 Å². The molecule has 1 unspecified atom stereocenters. The number of hydrogen-bond donors (Lipinski definition) is 1. The summed E-state index contributed by atoms with van der Waals surface area (Å²) in [4.78, 5) is 12.2. The van der Waals surface area contributed by atoms with Gasteiger partial charge in [-0.05, 0) is 86.5 Å². The molecule has 5 heteroatoms. The van der Waals surface area contributed by atoms with E-state index in [0.717, 1.165) is 73.4 Å². The number of allylic oxidation sites excluding steroid dienone is 1. The molecule has 1 aliphatic carbocycles. The topological polar surface area (TPSA) is 41.0 Å². The Morgan fingerprint density at radius 2 is 2.11 bits per heavy atom. The molecular formula is C31H39ClN4. The Balaban J connectivity index is 1.52. The molecule has 0 radical (unpaired) electrons. The lowest BCUT2D eigenvalue weighted by molar-refractivity contribution is 0.337. The first-order chi connectivity index (χ1) is 17.5. The van der Waals surface area contributed by atoms with E-state index in [2.05, 4.69) is 72.5 Å². The second-order valence-electron chi connectivity index (χ2n) is 9.97. The normalized spacial score (nSPS) is 14.9. The van der Waals surface area contributed by atoms with E-state index in [0.29, 0.717) is 5.92 Å². The van der Waals surface area contributed by atoms with Crippen LogP contribution in [0, 0.1) is 6.92 Å². The number of unbranched alkanes of at least 4 members (excludes halogenated alkanes) is 1. The zero-order valence-electron chi connectivity index (χ0n) is 21.8. The van der Waals surface area contributed by atoms with Gasteiger partial charge in [-0.25, -0.2) is 0 Å². The molecule has 0 amide bonds. The number of aromatic nitrogens is 2. The van der Waals surface area contributed by atoms with Gasteiger partial charge in [0.15, 0.2) is 0 Å². The molecule has 1 N–H and O–H groups in total. The number of benzene rings is 1. The van der Waals surface area contributed by atoms with Crippen LogP contribution in [0.2, 0.25) is 5.02 Å². The third-order valence-electron chi connectivity index (χ3n) is 7.31. The van der Waals surface area contributed by atoms with Crippen molar-refractivity contribution in [1.29, 1.82) is 0 Å². The standard InChI is InChI=1S/C31H39ClN4/c1-5-7-8-23(4)36(18-16-33-6-2)17-14-24-9-11-26-29(20-24)35-30-21-25(10-12-27(30)31(26)32)28-19-22(3)13-15-34-28/h6,9,11,13,15,19-20,25,33H,2,4-5,7-8,10,12,14,16-18,21H2,1,3H3. The summed E-state index contributed by atoms with van der Waals surface area (Å²) in [6.07, 6.45) is 10.9. The van der Waals surface area contributed by atoms with Crippen LogP contribution in [0.15, 0.2) is 61.6 Å². The summed E-state index contributed by atoms with van der Waals surface area (Å²) in [6.45, 7) is 15.2. The first-order valence-corrected chi connectivity index (χ1v) is 13.7. The first-order valence-electron chi connectivity index (χ1n) is 13.3. The third kappa shape index (κ3) is 6.28. The molecule has 36 heavy (non-hydrogen) atoms. The van der Waals surface area contributed by atoms with Crippen LogP contribution in [-0.2, 0) is 19.3 Å². The van der Waals surface area contributed by atoms with Crippen molar-refractivity contribution in [2.75, 3.05) is 19.6 Å². The molecule has 1 aromatic carbocycles. The second-order valence-corrected chi connectivity index (χ2v) is 10.3. The van der Waals surface area contributed by atoms with Gasteiger partial charge >= 0.3 is 0 Å². The lowest BCUT2D eigenvalue weighted by Gasteiger charge is -2.27. The maximum absolute atomic E-state index is 6.93. The van der Waals surface area contributed by atoms with E-state index >= 15 is 0 Å². The van der Waals surface area contributed by atoms with E-state index in [1.807, 2.05) is 6.20 Å². The van der Waals surface area contributed by atoms with Gasteiger partial charge in [0.2, 0.25) is 0 Å². The van der Waals surface area contributed by atoms with Crippen LogP contribution < -0.4 is 5.32 Å². The van der Waals surface area contributed by atoms with Gasteiger partial charge in [0.1, 0.15) is 0 Å². The van der Waals surface area contributed by atoms with Crippen LogP contribution in [0.25, 0.3) is 10.9 Å². The monoisotopic (exact) mass is 502 g/mol. The Labute approximate surface area is 221 Å². The van der Waals surface area contributed by atoms with Crippen molar-refractivity contribution in [1.82, 2.24) is 20.2 Å². The molecule has 1 aliphatic rings. The zero-order chi connectivity index (χ0) is 25.5. The Hall–Kier alpha value is -2.85. The summed E-state index contributed by atoms with van der Waals surface area (Å²) in [6, 6.07) is 10.9. The molecule has 0 saturated heterocycles. The van der Waals surface area contributed by atoms with Gasteiger partial charge in [0.25, 0.3) is 0 Å². The van der Waals surface area contributed by atoms with E-state index in [9.17, 15) is 0 Å². The number of aryl methyl sites for hydroxylation is 1. The van der Waals surface area contributed by atoms with Crippen molar-refractivity contribution in [3.05, 3.63) is 94.7 Å². The number of hydrogen-bond acceptors (Lipinski definition) is 4. The zero-order valence-corrected chi connectivity index (χ0v) is 22.6. The minimum atomic E-state index is 0.397. The number of pyridine rings is 2. The van der Waals surface area contributed by atoms with Gasteiger partial charge in [-0.3, -0.25) is 9.97 Å². The van der Waals surface area contributed by atoms with Gasteiger partial charge in [0.05, 0.1) is 10.5 Å². The Morgan fingerprint density at radius 1 is 1.25 bits per heavy atom. The Morgan fingerprint density at radius 3 is 2.89 bits per heavy atom. The summed E-state index contributed by atoms with van der Waals surface area (Å²) in [7, 11) is 0. The van der Waals surface area contributed by atoms with E-state index in [-0.39, 0.29) is 0 Å². The van der Waals surface area contributed by atoms with E-state index in [1.54, 1.807) is 6.20 Å². The van der Waals surface area contributed by atoms with Crippen LogP contribution in [0.5, 0.6) is 0 Å². The number of fused-ring (bicyclic) bond motifs is 2. The highest BCUT2D eigenvalue weighted by Gasteiger charge is 2.25. The van der Waals surface area contributed by atoms with Gasteiger partial charge in [-0.15, -0.1) is 0 Å². The fourth-order valence-electron chi connectivity index (χ4n) is 5.16. The first kappa shape index (κ1) is 26.2. The van der Waals surface area contributed by atoms with E-state index < -0.39 is 0 Å². The Kier molecular flexibility index (Phi) is 9.03. The summed E-state index contributed by atoms with van der Waals surface area (Å²) in [5.74, 6) is 0.397. The molecule has 2 aromatic heterocycles. The molecule has 2 heterocycles. The van der Waals surface area contributed by atoms with Crippen molar-refractivity contribution in [2.24, 2.45) is 0 Å². The van der Waals surface area contributed by atoms with Crippen LogP contribution in [0.1, 0.15) is 66.6 Å².